The summed E-state index contributed by atoms with van der Waals surface area (Å²) < 4.78 is 43.4. The van der Waals surface area contributed by atoms with Crippen LogP contribution in [0.15, 0.2) is 34.9 Å². The van der Waals surface area contributed by atoms with Crippen LogP contribution < -0.4 is 5.32 Å². The number of rotatable bonds is 5. The van der Waals surface area contributed by atoms with E-state index in [2.05, 4.69) is 10.3 Å². The van der Waals surface area contributed by atoms with Crippen LogP contribution >= 0.6 is 0 Å². The predicted molar refractivity (Wildman–Crippen MR) is 69.2 cm³/mol. The first-order chi connectivity index (χ1) is 9.50. The molecule has 0 aliphatic heterocycles. The van der Waals surface area contributed by atoms with Gasteiger partial charge < -0.3 is 9.73 Å². The topological polar surface area (TPSA) is 38.1 Å². The summed E-state index contributed by atoms with van der Waals surface area (Å²) in [7, 11) is 0. The number of hydrogen-bond acceptors (Lipinski definition) is 3. The molecule has 20 heavy (non-hydrogen) atoms. The molecule has 0 bridgehead atoms. The van der Waals surface area contributed by atoms with Crippen LogP contribution in [0.2, 0.25) is 0 Å². The molecule has 1 aromatic heterocycles. The molecule has 0 amide bonds. The summed E-state index contributed by atoms with van der Waals surface area (Å²) in [6, 6.07) is 5.03. The zero-order chi connectivity index (χ0) is 14.6. The largest absolute Gasteiger partial charge is 0.441 e. The molecule has 0 radical (unpaired) electrons. The highest BCUT2D eigenvalue weighted by Gasteiger charge is 2.30. The second kappa shape index (κ2) is 6.09. The minimum atomic E-state index is -4.36. The van der Waals surface area contributed by atoms with Gasteiger partial charge in [-0.2, -0.15) is 13.2 Å². The van der Waals surface area contributed by atoms with Crippen LogP contribution in [-0.2, 0) is 12.6 Å². The maximum absolute atomic E-state index is 12.6. The van der Waals surface area contributed by atoms with Crippen molar-refractivity contribution in [1.82, 2.24) is 10.3 Å². The van der Waals surface area contributed by atoms with Gasteiger partial charge in [0.25, 0.3) is 0 Å². The van der Waals surface area contributed by atoms with E-state index in [0.717, 1.165) is 25.2 Å². The highest BCUT2D eigenvalue weighted by Crippen LogP contribution is 2.32. The summed E-state index contributed by atoms with van der Waals surface area (Å²) in [6.45, 7) is 3.56. The standard InChI is InChI=1S/C14H15F3N2O/c1-2-18-7-6-13-19-9-12(20-13)10-4-3-5-11(8-10)14(15,16)17/h3-5,8-9,18H,2,6-7H2,1H3. The molecule has 0 fully saturated rings. The molecular formula is C14H15F3N2O. The normalized spacial score (nSPS) is 11.8. The second-order valence-corrected chi connectivity index (χ2v) is 4.30. The van der Waals surface area contributed by atoms with Crippen LogP contribution in [0.3, 0.4) is 0 Å². The minimum absolute atomic E-state index is 0.350. The van der Waals surface area contributed by atoms with Crippen molar-refractivity contribution in [2.75, 3.05) is 13.1 Å². The molecule has 0 saturated carbocycles. The number of halogens is 3. The van der Waals surface area contributed by atoms with E-state index in [1.807, 2.05) is 6.92 Å². The molecule has 0 aliphatic carbocycles. The van der Waals surface area contributed by atoms with Gasteiger partial charge in [-0.15, -0.1) is 0 Å². The first-order valence-electron chi connectivity index (χ1n) is 6.33. The van der Waals surface area contributed by atoms with Gasteiger partial charge >= 0.3 is 6.18 Å². The van der Waals surface area contributed by atoms with E-state index < -0.39 is 11.7 Å². The first-order valence-corrected chi connectivity index (χ1v) is 6.33. The quantitative estimate of drug-likeness (QED) is 0.854. The lowest BCUT2D eigenvalue weighted by Gasteiger charge is -2.07. The third kappa shape index (κ3) is 3.60. The fourth-order valence-corrected chi connectivity index (χ4v) is 1.78. The highest BCUT2D eigenvalue weighted by atomic mass is 19.4. The average Bonchev–Trinajstić information content (AvgIpc) is 2.87. The minimum Gasteiger partial charge on any atom is -0.441 e. The van der Waals surface area contributed by atoms with Gasteiger partial charge in [0.05, 0.1) is 11.8 Å². The van der Waals surface area contributed by atoms with Crippen LogP contribution in [0.4, 0.5) is 13.2 Å². The smallest absolute Gasteiger partial charge is 0.416 e. The van der Waals surface area contributed by atoms with Crippen molar-refractivity contribution in [3.8, 4) is 11.3 Å². The van der Waals surface area contributed by atoms with E-state index in [0.29, 0.717) is 23.6 Å². The summed E-state index contributed by atoms with van der Waals surface area (Å²) in [5.41, 5.74) is -0.317. The van der Waals surface area contributed by atoms with Crippen LogP contribution in [0.1, 0.15) is 18.4 Å². The molecule has 108 valence electrons. The molecule has 6 heteroatoms. The van der Waals surface area contributed by atoms with Crippen molar-refractivity contribution in [1.29, 1.82) is 0 Å². The lowest BCUT2D eigenvalue weighted by atomic mass is 10.1. The molecule has 0 atom stereocenters. The molecule has 3 nitrogen and oxygen atoms in total. The Morgan fingerprint density at radius 3 is 2.80 bits per heavy atom. The number of aromatic nitrogens is 1. The summed E-state index contributed by atoms with van der Waals surface area (Å²) in [5.74, 6) is 0.862. The number of nitrogens with one attached hydrogen (secondary N) is 1. The third-order valence-corrected chi connectivity index (χ3v) is 2.79. The summed E-state index contributed by atoms with van der Waals surface area (Å²) >= 11 is 0. The molecule has 1 heterocycles. The molecule has 2 rings (SSSR count). The molecule has 2 aromatic rings. The van der Waals surface area contributed by atoms with Gasteiger partial charge in [0.15, 0.2) is 11.7 Å². The first kappa shape index (κ1) is 14.6. The number of nitrogens with zero attached hydrogens (tertiary/aromatic N) is 1. The third-order valence-electron chi connectivity index (χ3n) is 2.79. The molecule has 1 aromatic carbocycles. The fourth-order valence-electron chi connectivity index (χ4n) is 1.78. The summed E-state index contributed by atoms with van der Waals surface area (Å²) in [5, 5.41) is 3.13. The number of hydrogen-bond donors (Lipinski definition) is 1. The molecule has 0 saturated heterocycles. The second-order valence-electron chi connectivity index (χ2n) is 4.30. The SMILES string of the molecule is CCNCCc1ncc(-c2cccc(C(F)(F)F)c2)o1. The van der Waals surface area contributed by atoms with Crippen LogP contribution in [0, 0.1) is 0 Å². The maximum atomic E-state index is 12.6. The Morgan fingerprint density at radius 2 is 2.10 bits per heavy atom. The Kier molecular flexibility index (Phi) is 4.44. The van der Waals surface area contributed by atoms with Crippen molar-refractivity contribution in [3.05, 3.63) is 41.9 Å². The highest BCUT2D eigenvalue weighted by molar-refractivity contribution is 5.57. The van der Waals surface area contributed by atoms with Crippen LogP contribution in [0.5, 0.6) is 0 Å². The number of alkyl halides is 3. The molecular weight excluding hydrogens is 269 g/mol. The molecule has 0 aliphatic rings. The van der Waals surface area contributed by atoms with Crippen molar-refractivity contribution < 1.29 is 17.6 Å². The Labute approximate surface area is 114 Å². The lowest BCUT2D eigenvalue weighted by molar-refractivity contribution is -0.137. The lowest BCUT2D eigenvalue weighted by Crippen LogP contribution is -2.16. The van der Waals surface area contributed by atoms with Gasteiger partial charge in [-0.25, -0.2) is 4.98 Å². The Balaban J connectivity index is 2.16. The maximum Gasteiger partial charge on any atom is 0.416 e. The number of oxazole rings is 1. The van der Waals surface area contributed by atoms with Crippen molar-refractivity contribution in [3.63, 3.8) is 0 Å². The zero-order valence-electron chi connectivity index (χ0n) is 11.0. The van der Waals surface area contributed by atoms with Gasteiger partial charge in [0, 0.05) is 18.5 Å². The van der Waals surface area contributed by atoms with Gasteiger partial charge in [0.1, 0.15) is 0 Å². The Bertz CT molecular complexity index is 564. The summed E-state index contributed by atoms with van der Waals surface area (Å²) in [6.07, 6.45) is -2.30. The van der Waals surface area contributed by atoms with E-state index in [4.69, 9.17) is 4.42 Å². The number of benzene rings is 1. The average molecular weight is 284 g/mol. The number of likely N-dealkylation sites (N-methyl/N-ethyl adjacent to an activating group) is 1. The van der Waals surface area contributed by atoms with Crippen molar-refractivity contribution in [2.24, 2.45) is 0 Å². The fraction of sp³-hybridized carbons (Fsp3) is 0.357. The van der Waals surface area contributed by atoms with E-state index in [1.165, 1.54) is 12.3 Å². The van der Waals surface area contributed by atoms with E-state index in [-0.39, 0.29) is 0 Å². The van der Waals surface area contributed by atoms with Crippen LogP contribution in [-0.4, -0.2) is 18.1 Å². The van der Waals surface area contributed by atoms with E-state index in [9.17, 15) is 13.2 Å². The summed E-state index contributed by atoms with van der Waals surface area (Å²) in [4.78, 5) is 4.07. The van der Waals surface area contributed by atoms with Crippen LogP contribution in [0.25, 0.3) is 11.3 Å². The Morgan fingerprint density at radius 1 is 1.30 bits per heavy atom. The van der Waals surface area contributed by atoms with E-state index >= 15 is 0 Å². The van der Waals surface area contributed by atoms with Crippen molar-refractivity contribution in [2.45, 2.75) is 19.5 Å². The molecule has 0 unspecified atom stereocenters. The monoisotopic (exact) mass is 284 g/mol. The predicted octanol–water partition coefficient (Wildman–Crippen LogP) is 3.51. The van der Waals surface area contributed by atoms with Gasteiger partial charge in [-0.1, -0.05) is 19.1 Å². The molecule has 0 spiro atoms. The Hall–Kier alpha value is -1.82. The van der Waals surface area contributed by atoms with Gasteiger partial charge in [0.2, 0.25) is 0 Å². The zero-order valence-corrected chi connectivity index (χ0v) is 11.0. The van der Waals surface area contributed by atoms with Gasteiger partial charge in [-0.3, -0.25) is 0 Å². The van der Waals surface area contributed by atoms with E-state index in [1.54, 1.807) is 6.07 Å². The van der Waals surface area contributed by atoms with Crippen molar-refractivity contribution >= 4 is 0 Å². The molecule has 1 N–H and O–H groups in total. The van der Waals surface area contributed by atoms with Gasteiger partial charge in [-0.05, 0) is 18.7 Å².